The third-order valence-corrected chi connectivity index (χ3v) is 2.29. The van der Waals surface area contributed by atoms with Crippen LogP contribution < -0.4 is 10.6 Å². The highest BCUT2D eigenvalue weighted by Gasteiger charge is 2.17. The van der Waals surface area contributed by atoms with E-state index < -0.39 is 0 Å². The summed E-state index contributed by atoms with van der Waals surface area (Å²) in [4.78, 5) is 23.0. The molecule has 0 saturated heterocycles. The Labute approximate surface area is 98.2 Å². The molecule has 0 fully saturated rings. The number of hydrogen-bond donors (Lipinski definition) is 2. The van der Waals surface area contributed by atoms with E-state index in [0.29, 0.717) is 0 Å². The number of hydrogen-bond acceptors (Lipinski definition) is 2. The van der Waals surface area contributed by atoms with E-state index in [4.69, 9.17) is 0 Å². The van der Waals surface area contributed by atoms with E-state index in [9.17, 15) is 9.59 Å². The van der Waals surface area contributed by atoms with Crippen LogP contribution in [0.25, 0.3) is 0 Å². The molecule has 4 nitrogen and oxygen atoms in total. The Morgan fingerprint density at radius 3 is 2.00 bits per heavy atom. The number of nitrogens with one attached hydrogen (secondary N) is 2. The molecule has 0 aromatic carbocycles. The van der Waals surface area contributed by atoms with Crippen LogP contribution in [0.1, 0.15) is 47.5 Å². The van der Waals surface area contributed by atoms with Gasteiger partial charge in [-0.05, 0) is 33.6 Å². The third-order valence-electron chi connectivity index (χ3n) is 2.29. The lowest BCUT2D eigenvalue weighted by Crippen LogP contribution is -2.46. The van der Waals surface area contributed by atoms with E-state index in [2.05, 4.69) is 10.6 Å². The first-order chi connectivity index (χ1) is 7.30. The molecule has 0 spiro atoms. The second-order valence-electron chi connectivity index (χ2n) is 5.03. The summed E-state index contributed by atoms with van der Waals surface area (Å²) < 4.78 is 0. The SMILES string of the molecule is CCC(CC)C(=O)NCC(=O)NC(C)(C)C. The Kier molecular flexibility index (Phi) is 6.08. The first-order valence-corrected chi connectivity index (χ1v) is 5.88. The molecular formula is C12H24N2O2. The lowest BCUT2D eigenvalue weighted by atomic mass is 10.0. The summed E-state index contributed by atoms with van der Waals surface area (Å²) in [6, 6.07) is 0. The molecule has 0 aromatic heterocycles. The van der Waals surface area contributed by atoms with Crippen molar-refractivity contribution in [2.45, 2.75) is 53.0 Å². The minimum absolute atomic E-state index is 0.0161. The normalized spacial score (nSPS) is 11.4. The monoisotopic (exact) mass is 228 g/mol. The van der Waals surface area contributed by atoms with Gasteiger partial charge >= 0.3 is 0 Å². The Bertz CT molecular complexity index is 240. The largest absolute Gasteiger partial charge is 0.350 e. The molecule has 0 saturated carbocycles. The van der Waals surface area contributed by atoms with Gasteiger partial charge in [-0.15, -0.1) is 0 Å². The summed E-state index contributed by atoms with van der Waals surface area (Å²) in [5, 5.41) is 5.45. The van der Waals surface area contributed by atoms with Crippen LogP contribution in [-0.2, 0) is 9.59 Å². The molecule has 94 valence electrons. The van der Waals surface area contributed by atoms with Crippen molar-refractivity contribution in [3.05, 3.63) is 0 Å². The minimum atomic E-state index is -0.253. The molecule has 0 aromatic rings. The smallest absolute Gasteiger partial charge is 0.239 e. The maximum atomic E-state index is 11.6. The molecule has 4 heteroatoms. The fraction of sp³-hybridized carbons (Fsp3) is 0.833. The molecule has 16 heavy (non-hydrogen) atoms. The van der Waals surface area contributed by atoms with E-state index in [0.717, 1.165) is 12.8 Å². The van der Waals surface area contributed by atoms with Crippen LogP contribution in [0.4, 0.5) is 0 Å². The van der Waals surface area contributed by atoms with Crippen LogP contribution in [0.2, 0.25) is 0 Å². The maximum absolute atomic E-state index is 11.6. The summed E-state index contributed by atoms with van der Waals surface area (Å²) in [6.45, 7) is 9.74. The maximum Gasteiger partial charge on any atom is 0.239 e. The highest BCUT2D eigenvalue weighted by molar-refractivity contribution is 5.86. The summed E-state index contributed by atoms with van der Waals surface area (Å²) in [7, 11) is 0. The van der Waals surface area contributed by atoms with E-state index in [1.54, 1.807) is 0 Å². The summed E-state index contributed by atoms with van der Waals surface area (Å²) >= 11 is 0. The van der Waals surface area contributed by atoms with Crippen molar-refractivity contribution < 1.29 is 9.59 Å². The fourth-order valence-electron chi connectivity index (χ4n) is 1.43. The first-order valence-electron chi connectivity index (χ1n) is 5.88. The van der Waals surface area contributed by atoms with E-state index in [1.807, 2.05) is 34.6 Å². The summed E-state index contributed by atoms with van der Waals surface area (Å²) in [6.07, 6.45) is 1.62. The molecule has 0 rings (SSSR count). The van der Waals surface area contributed by atoms with Crippen molar-refractivity contribution in [2.24, 2.45) is 5.92 Å². The zero-order valence-corrected chi connectivity index (χ0v) is 11.0. The van der Waals surface area contributed by atoms with E-state index >= 15 is 0 Å². The number of carbonyl (C=O) groups is 2. The molecule has 2 N–H and O–H groups in total. The Hall–Kier alpha value is -1.06. The van der Waals surface area contributed by atoms with Crippen LogP contribution in [0.3, 0.4) is 0 Å². The van der Waals surface area contributed by atoms with Gasteiger partial charge in [-0.1, -0.05) is 13.8 Å². The van der Waals surface area contributed by atoms with Crippen molar-refractivity contribution in [3.63, 3.8) is 0 Å². The average Bonchev–Trinajstić information content (AvgIpc) is 2.14. The molecule has 2 amide bonds. The van der Waals surface area contributed by atoms with Crippen molar-refractivity contribution in [1.82, 2.24) is 10.6 Å². The topological polar surface area (TPSA) is 58.2 Å². The van der Waals surface area contributed by atoms with Crippen molar-refractivity contribution >= 4 is 11.8 Å². The zero-order valence-electron chi connectivity index (χ0n) is 11.0. The first kappa shape index (κ1) is 14.9. The van der Waals surface area contributed by atoms with Crippen LogP contribution in [0.5, 0.6) is 0 Å². The lowest BCUT2D eigenvalue weighted by Gasteiger charge is -2.21. The van der Waals surface area contributed by atoms with Gasteiger partial charge in [0.05, 0.1) is 6.54 Å². The average molecular weight is 228 g/mol. The lowest BCUT2D eigenvalue weighted by molar-refractivity contribution is -0.129. The predicted molar refractivity (Wildman–Crippen MR) is 65.0 cm³/mol. The van der Waals surface area contributed by atoms with Gasteiger partial charge in [0.15, 0.2) is 0 Å². The van der Waals surface area contributed by atoms with Crippen LogP contribution in [0, 0.1) is 5.92 Å². The minimum Gasteiger partial charge on any atom is -0.350 e. The van der Waals surface area contributed by atoms with E-state index in [1.165, 1.54) is 0 Å². The molecule has 0 radical (unpaired) electrons. The van der Waals surface area contributed by atoms with Gasteiger partial charge in [-0.25, -0.2) is 0 Å². The Morgan fingerprint density at radius 1 is 1.12 bits per heavy atom. The summed E-state index contributed by atoms with van der Waals surface area (Å²) in [5.74, 6) is -0.164. The van der Waals surface area contributed by atoms with Gasteiger partial charge in [0.1, 0.15) is 0 Å². The number of rotatable bonds is 5. The van der Waals surface area contributed by atoms with Gasteiger partial charge in [0, 0.05) is 11.5 Å². The van der Waals surface area contributed by atoms with Gasteiger partial charge in [0.2, 0.25) is 11.8 Å². The molecule has 0 bridgehead atoms. The molecule has 0 aliphatic rings. The third kappa shape index (κ3) is 6.43. The molecule has 0 aliphatic heterocycles. The van der Waals surface area contributed by atoms with Gasteiger partial charge in [-0.2, -0.15) is 0 Å². The quantitative estimate of drug-likeness (QED) is 0.748. The van der Waals surface area contributed by atoms with Crippen LogP contribution in [-0.4, -0.2) is 23.9 Å². The highest BCUT2D eigenvalue weighted by atomic mass is 16.2. The van der Waals surface area contributed by atoms with E-state index in [-0.39, 0.29) is 29.8 Å². The van der Waals surface area contributed by atoms with Gasteiger partial charge in [0.25, 0.3) is 0 Å². The fourth-order valence-corrected chi connectivity index (χ4v) is 1.43. The second-order valence-corrected chi connectivity index (χ2v) is 5.03. The standard InChI is InChI=1S/C12H24N2O2/c1-6-9(7-2)11(16)13-8-10(15)14-12(3,4)5/h9H,6-8H2,1-5H3,(H,13,16)(H,14,15). The highest BCUT2D eigenvalue weighted by Crippen LogP contribution is 2.06. The number of amides is 2. The Morgan fingerprint density at radius 2 is 1.62 bits per heavy atom. The van der Waals surface area contributed by atoms with Crippen LogP contribution >= 0.6 is 0 Å². The molecule has 0 heterocycles. The predicted octanol–water partition coefficient (Wildman–Crippen LogP) is 1.45. The van der Waals surface area contributed by atoms with Gasteiger partial charge in [-0.3, -0.25) is 9.59 Å². The molecular weight excluding hydrogens is 204 g/mol. The molecule has 0 unspecified atom stereocenters. The van der Waals surface area contributed by atoms with Crippen molar-refractivity contribution in [1.29, 1.82) is 0 Å². The zero-order chi connectivity index (χ0) is 12.8. The van der Waals surface area contributed by atoms with Crippen LogP contribution in [0.15, 0.2) is 0 Å². The molecule has 0 atom stereocenters. The molecule has 0 aliphatic carbocycles. The van der Waals surface area contributed by atoms with Crippen molar-refractivity contribution in [3.8, 4) is 0 Å². The second kappa shape index (κ2) is 6.51. The summed E-state index contributed by atoms with van der Waals surface area (Å²) in [5.41, 5.74) is -0.253. The number of carbonyl (C=O) groups excluding carboxylic acids is 2. The van der Waals surface area contributed by atoms with Gasteiger partial charge < -0.3 is 10.6 Å². The Balaban J connectivity index is 3.97. The van der Waals surface area contributed by atoms with Crippen molar-refractivity contribution in [2.75, 3.05) is 6.54 Å².